The molecule has 0 amide bonds. The van der Waals surface area contributed by atoms with Crippen molar-refractivity contribution < 1.29 is 14.7 Å². The van der Waals surface area contributed by atoms with E-state index in [4.69, 9.17) is 0 Å². The standard InChI is InChI=1S/C25H26N2O3/c28-24(18-4-2-1-3-5-18)27-11-10-19-12-16(6-9-23(19)27)13-22-21(25(29)30)14-20(15-26-22)17-7-8-17/h6,9-12,14-15,17-18H,1-5,7-8,13H2,(H,29,30). The number of carboxylic acid groups (broad SMARTS) is 1. The number of aromatic carboxylic acids is 1. The molecule has 1 N–H and O–H groups in total. The van der Waals surface area contributed by atoms with Gasteiger partial charge in [0.15, 0.2) is 0 Å². The van der Waals surface area contributed by atoms with Crippen molar-refractivity contribution in [3.8, 4) is 0 Å². The van der Waals surface area contributed by atoms with Gasteiger partial charge in [-0.25, -0.2) is 4.79 Å². The van der Waals surface area contributed by atoms with Crippen LogP contribution in [0, 0.1) is 5.92 Å². The minimum Gasteiger partial charge on any atom is -0.478 e. The first-order valence-corrected chi connectivity index (χ1v) is 11.0. The maximum absolute atomic E-state index is 13.0. The van der Waals surface area contributed by atoms with Gasteiger partial charge in [-0.05, 0) is 67.0 Å². The van der Waals surface area contributed by atoms with E-state index in [1.54, 1.807) is 10.6 Å². The van der Waals surface area contributed by atoms with E-state index in [2.05, 4.69) is 4.98 Å². The minimum atomic E-state index is -0.926. The van der Waals surface area contributed by atoms with Crippen LogP contribution in [0.2, 0.25) is 0 Å². The Labute approximate surface area is 175 Å². The van der Waals surface area contributed by atoms with Gasteiger partial charge in [-0.15, -0.1) is 0 Å². The maximum atomic E-state index is 13.0. The van der Waals surface area contributed by atoms with Crippen LogP contribution in [0.3, 0.4) is 0 Å². The third-order valence-electron chi connectivity index (χ3n) is 6.59. The normalized spacial score (nSPS) is 17.3. The fourth-order valence-corrected chi connectivity index (χ4v) is 4.71. The second-order valence-corrected chi connectivity index (χ2v) is 8.77. The third-order valence-corrected chi connectivity index (χ3v) is 6.59. The summed E-state index contributed by atoms with van der Waals surface area (Å²) in [6.07, 6.45) is 11.9. The number of carbonyl (C=O) groups is 2. The molecule has 0 atom stereocenters. The largest absolute Gasteiger partial charge is 0.478 e. The lowest BCUT2D eigenvalue weighted by atomic mass is 9.88. The fraction of sp³-hybridized carbons (Fsp3) is 0.400. The zero-order valence-corrected chi connectivity index (χ0v) is 17.0. The molecular weight excluding hydrogens is 376 g/mol. The van der Waals surface area contributed by atoms with Gasteiger partial charge in [-0.2, -0.15) is 0 Å². The zero-order valence-electron chi connectivity index (χ0n) is 17.0. The molecule has 2 aromatic heterocycles. The topological polar surface area (TPSA) is 72.2 Å². The molecule has 0 saturated heterocycles. The second-order valence-electron chi connectivity index (χ2n) is 8.77. The molecule has 0 unspecified atom stereocenters. The summed E-state index contributed by atoms with van der Waals surface area (Å²) in [6, 6.07) is 9.77. The van der Waals surface area contributed by atoms with Crippen LogP contribution in [0.25, 0.3) is 10.9 Å². The SMILES string of the molecule is O=C(O)c1cc(C2CC2)cnc1Cc1ccc2c(ccn2C(=O)C2CCCCC2)c1. The van der Waals surface area contributed by atoms with Crippen LogP contribution in [-0.2, 0) is 6.42 Å². The molecule has 0 aliphatic heterocycles. The van der Waals surface area contributed by atoms with Crippen LogP contribution in [-0.4, -0.2) is 26.5 Å². The highest BCUT2D eigenvalue weighted by atomic mass is 16.4. The Balaban J connectivity index is 1.41. The summed E-state index contributed by atoms with van der Waals surface area (Å²) in [5.41, 5.74) is 3.84. The predicted molar refractivity (Wildman–Crippen MR) is 115 cm³/mol. The predicted octanol–water partition coefficient (Wildman–Crippen LogP) is 5.42. The number of rotatable bonds is 5. The molecule has 2 aliphatic rings. The molecule has 2 heterocycles. The zero-order chi connectivity index (χ0) is 20.7. The Bertz CT molecular complexity index is 1120. The van der Waals surface area contributed by atoms with Crippen LogP contribution in [0.5, 0.6) is 0 Å². The summed E-state index contributed by atoms with van der Waals surface area (Å²) >= 11 is 0. The van der Waals surface area contributed by atoms with Crippen LogP contribution in [0.4, 0.5) is 0 Å². The van der Waals surface area contributed by atoms with Gasteiger partial charge < -0.3 is 5.11 Å². The Morgan fingerprint density at radius 2 is 1.83 bits per heavy atom. The van der Waals surface area contributed by atoms with Gasteiger partial charge in [0.25, 0.3) is 0 Å². The first kappa shape index (κ1) is 19.0. The lowest BCUT2D eigenvalue weighted by molar-refractivity contribution is 0.0694. The van der Waals surface area contributed by atoms with E-state index >= 15 is 0 Å². The number of nitrogens with zero attached hydrogens (tertiary/aromatic N) is 2. The van der Waals surface area contributed by atoms with Gasteiger partial charge in [0.05, 0.1) is 16.8 Å². The molecule has 30 heavy (non-hydrogen) atoms. The van der Waals surface area contributed by atoms with Crippen molar-refractivity contribution in [3.05, 3.63) is 65.1 Å². The Morgan fingerprint density at radius 1 is 1.03 bits per heavy atom. The summed E-state index contributed by atoms with van der Waals surface area (Å²) in [6.45, 7) is 0. The maximum Gasteiger partial charge on any atom is 0.337 e. The highest BCUT2D eigenvalue weighted by Crippen LogP contribution is 2.40. The monoisotopic (exact) mass is 402 g/mol. The Hall–Kier alpha value is -2.95. The van der Waals surface area contributed by atoms with Gasteiger partial charge in [0, 0.05) is 30.1 Å². The number of carbonyl (C=O) groups excluding carboxylic acids is 1. The number of pyridine rings is 1. The average molecular weight is 402 g/mol. The summed E-state index contributed by atoms with van der Waals surface area (Å²) in [7, 11) is 0. The summed E-state index contributed by atoms with van der Waals surface area (Å²) in [5, 5.41) is 10.7. The summed E-state index contributed by atoms with van der Waals surface area (Å²) in [5.74, 6) is -0.128. The molecule has 5 rings (SSSR count). The smallest absolute Gasteiger partial charge is 0.337 e. The Kier molecular flexibility index (Phi) is 4.89. The molecular formula is C25H26N2O3. The molecule has 5 heteroatoms. The number of carboxylic acids is 1. The molecule has 3 aromatic rings. The molecule has 1 aromatic carbocycles. The van der Waals surface area contributed by atoms with Gasteiger partial charge in [0.2, 0.25) is 5.91 Å². The quantitative estimate of drug-likeness (QED) is 0.618. The second kappa shape index (κ2) is 7.71. The van der Waals surface area contributed by atoms with Gasteiger partial charge in [-0.1, -0.05) is 25.3 Å². The number of hydrogen-bond donors (Lipinski definition) is 1. The molecule has 2 fully saturated rings. The number of aromatic nitrogens is 2. The van der Waals surface area contributed by atoms with Crippen LogP contribution >= 0.6 is 0 Å². The molecule has 0 spiro atoms. The molecule has 154 valence electrons. The Morgan fingerprint density at radius 3 is 2.57 bits per heavy atom. The van der Waals surface area contributed by atoms with E-state index in [9.17, 15) is 14.7 Å². The van der Waals surface area contributed by atoms with Crippen LogP contribution < -0.4 is 0 Å². The highest BCUT2D eigenvalue weighted by Gasteiger charge is 2.26. The molecule has 5 nitrogen and oxygen atoms in total. The van der Waals surface area contributed by atoms with Gasteiger partial charge in [0.1, 0.15) is 0 Å². The number of hydrogen-bond acceptors (Lipinski definition) is 3. The number of fused-ring (bicyclic) bond motifs is 1. The van der Waals surface area contributed by atoms with E-state index in [0.717, 1.165) is 60.6 Å². The van der Waals surface area contributed by atoms with Crippen LogP contribution in [0.1, 0.15) is 82.8 Å². The first-order valence-electron chi connectivity index (χ1n) is 11.0. The molecule has 2 saturated carbocycles. The number of benzene rings is 1. The van der Waals surface area contributed by atoms with Crippen molar-refractivity contribution in [2.24, 2.45) is 5.92 Å². The van der Waals surface area contributed by atoms with Gasteiger partial charge >= 0.3 is 5.97 Å². The fourth-order valence-electron chi connectivity index (χ4n) is 4.71. The third kappa shape index (κ3) is 3.64. The molecule has 0 bridgehead atoms. The van der Waals surface area contributed by atoms with E-state index in [-0.39, 0.29) is 11.8 Å². The van der Waals surface area contributed by atoms with Crippen molar-refractivity contribution >= 4 is 22.8 Å². The van der Waals surface area contributed by atoms with E-state index < -0.39 is 5.97 Å². The first-order chi connectivity index (χ1) is 14.6. The highest BCUT2D eigenvalue weighted by molar-refractivity contribution is 5.94. The van der Waals surface area contributed by atoms with Crippen molar-refractivity contribution in [3.63, 3.8) is 0 Å². The summed E-state index contributed by atoms with van der Waals surface area (Å²) < 4.78 is 1.79. The van der Waals surface area contributed by atoms with Crippen molar-refractivity contribution in [1.29, 1.82) is 0 Å². The van der Waals surface area contributed by atoms with Crippen LogP contribution in [0.15, 0.2) is 42.7 Å². The van der Waals surface area contributed by atoms with Crippen molar-refractivity contribution in [2.45, 2.75) is 57.3 Å². The lowest BCUT2D eigenvalue weighted by Gasteiger charge is -2.20. The summed E-state index contributed by atoms with van der Waals surface area (Å²) in [4.78, 5) is 29.2. The molecule has 0 radical (unpaired) electrons. The average Bonchev–Trinajstić information content (AvgIpc) is 3.53. The van der Waals surface area contributed by atoms with Crippen molar-refractivity contribution in [2.75, 3.05) is 0 Å². The minimum absolute atomic E-state index is 0.126. The van der Waals surface area contributed by atoms with Crippen molar-refractivity contribution in [1.82, 2.24) is 9.55 Å². The van der Waals surface area contributed by atoms with E-state index in [0.29, 0.717) is 23.6 Å². The van der Waals surface area contributed by atoms with E-state index in [1.165, 1.54) is 6.42 Å². The van der Waals surface area contributed by atoms with E-state index in [1.807, 2.05) is 36.7 Å². The molecule has 2 aliphatic carbocycles. The lowest BCUT2D eigenvalue weighted by Crippen LogP contribution is -2.23. The van der Waals surface area contributed by atoms with Gasteiger partial charge in [-0.3, -0.25) is 14.3 Å².